The molecule has 31 heavy (non-hydrogen) atoms. The lowest BCUT2D eigenvalue weighted by atomic mass is 10.2. The van der Waals surface area contributed by atoms with E-state index < -0.39 is 30.3 Å². The number of carbonyl (C=O) groups excluding carboxylic acids is 4. The lowest BCUT2D eigenvalue weighted by Crippen LogP contribution is -2.41. The standard InChI is InChI=1S/C21H22ClN3O6/c1-2-30-17-10-6-5-9-16(17)23-19(27)13-31-20(28)12-11-18(26)24-25-21(29)14-7-3-4-8-15(14)22/h3-10H,2,11-13H2,1H3,(H,23,27)(H,24,26)(H,25,29). The van der Waals surface area contributed by atoms with Crippen LogP contribution < -0.4 is 20.9 Å². The summed E-state index contributed by atoms with van der Waals surface area (Å²) in [5.41, 5.74) is 5.04. The van der Waals surface area contributed by atoms with Gasteiger partial charge in [0.15, 0.2) is 6.61 Å². The SMILES string of the molecule is CCOc1ccccc1NC(=O)COC(=O)CCC(=O)NNC(=O)c1ccccc1Cl. The number of rotatable bonds is 9. The summed E-state index contributed by atoms with van der Waals surface area (Å²) in [6.45, 7) is 1.74. The maximum atomic E-state index is 12.0. The summed E-state index contributed by atoms with van der Waals surface area (Å²) < 4.78 is 10.3. The molecule has 0 heterocycles. The van der Waals surface area contributed by atoms with Crippen molar-refractivity contribution >= 4 is 41.0 Å². The number of amides is 3. The predicted octanol–water partition coefficient (Wildman–Crippen LogP) is 2.46. The van der Waals surface area contributed by atoms with Crippen molar-refractivity contribution in [2.45, 2.75) is 19.8 Å². The molecule has 0 unspecified atom stereocenters. The average Bonchev–Trinajstić information content (AvgIpc) is 2.76. The van der Waals surface area contributed by atoms with E-state index in [1.807, 2.05) is 6.92 Å². The lowest BCUT2D eigenvalue weighted by Gasteiger charge is -2.11. The number of esters is 1. The van der Waals surface area contributed by atoms with Crippen LogP contribution in [0.2, 0.25) is 5.02 Å². The van der Waals surface area contributed by atoms with Gasteiger partial charge in [-0.3, -0.25) is 30.0 Å². The van der Waals surface area contributed by atoms with Crippen LogP contribution in [0.25, 0.3) is 0 Å². The zero-order valence-corrected chi connectivity index (χ0v) is 17.5. The Labute approximate surface area is 184 Å². The molecule has 3 N–H and O–H groups in total. The van der Waals surface area contributed by atoms with E-state index in [4.69, 9.17) is 21.1 Å². The molecule has 9 nitrogen and oxygen atoms in total. The van der Waals surface area contributed by atoms with Crippen molar-refractivity contribution in [3.05, 3.63) is 59.1 Å². The second-order valence-electron chi connectivity index (χ2n) is 6.12. The van der Waals surface area contributed by atoms with Crippen LogP contribution in [0.5, 0.6) is 5.75 Å². The number of benzene rings is 2. The van der Waals surface area contributed by atoms with Crippen molar-refractivity contribution in [3.63, 3.8) is 0 Å². The first-order valence-corrected chi connectivity index (χ1v) is 9.79. The second kappa shape index (κ2) is 12.2. The molecule has 0 fully saturated rings. The second-order valence-corrected chi connectivity index (χ2v) is 6.53. The number of hydrogen-bond acceptors (Lipinski definition) is 6. The Kier molecular flexibility index (Phi) is 9.31. The maximum absolute atomic E-state index is 12.0. The molecule has 0 aliphatic rings. The molecule has 164 valence electrons. The number of carbonyl (C=O) groups is 4. The van der Waals surface area contributed by atoms with Gasteiger partial charge in [0.25, 0.3) is 11.8 Å². The van der Waals surface area contributed by atoms with Crippen LogP contribution in [-0.4, -0.2) is 36.9 Å². The molecule has 0 spiro atoms. The Bertz CT molecular complexity index is 950. The number of para-hydroxylation sites is 2. The first kappa shape index (κ1) is 23.7. The summed E-state index contributed by atoms with van der Waals surface area (Å²) in [4.78, 5) is 47.5. The van der Waals surface area contributed by atoms with Crippen molar-refractivity contribution in [1.82, 2.24) is 10.9 Å². The first-order chi connectivity index (χ1) is 14.9. The molecule has 0 aliphatic carbocycles. The van der Waals surface area contributed by atoms with Gasteiger partial charge in [0.05, 0.1) is 29.3 Å². The molecule has 2 aromatic carbocycles. The number of ether oxygens (including phenoxy) is 2. The molecule has 0 saturated carbocycles. The van der Waals surface area contributed by atoms with E-state index in [1.54, 1.807) is 42.5 Å². The minimum atomic E-state index is -0.735. The summed E-state index contributed by atoms with van der Waals surface area (Å²) in [6, 6.07) is 13.2. The minimum absolute atomic E-state index is 0.195. The zero-order chi connectivity index (χ0) is 22.6. The molecule has 0 saturated heterocycles. The van der Waals surface area contributed by atoms with Crippen LogP contribution in [0.3, 0.4) is 0 Å². The Balaban J connectivity index is 1.68. The lowest BCUT2D eigenvalue weighted by molar-refractivity contribution is -0.148. The summed E-state index contributed by atoms with van der Waals surface area (Å²) in [6.07, 6.45) is -0.507. The van der Waals surface area contributed by atoms with Crippen molar-refractivity contribution in [2.75, 3.05) is 18.5 Å². The van der Waals surface area contributed by atoms with Gasteiger partial charge in [0.1, 0.15) is 5.75 Å². The summed E-state index contributed by atoms with van der Waals surface area (Å²) in [5.74, 6) is -1.98. The molecular formula is C21H22ClN3O6. The quantitative estimate of drug-likeness (QED) is 0.401. The summed E-state index contributed by atoms with van der Waals surface area (Å²) >= 11 is 5.90. The van der Waals surface area contributed by atoms with Gasteiger partial charge in [-0.2, -0.15) is 0 Å². The third kappa shape index (κ3) is 7.98. The van der Waals surface area contributed by atoms with Crippen molar-refractivity contribution in [2.24, 2.45) is 0 Å². The fourth-order valence-electron chi connectivity index (χ4n) is 2.37. The minimum Gasteiger partial charge on any atom is -0.492 e. The molecule has 0 bridgehead atoms. The van der Waals surface area contributed by atoms with Crippen molar-refractivity contribution < 1.29 is 28.7 Å². The molecule has 0 radical (unpaired) electrons. The van der Waals surface area contributed by atoms with E-state index in [9.17, 15) is 19.2 Å². The highest BCUT2D eigenvalue weighted by molar-refractivity contribution is 6.33. The van der Waals surface area contributed by atoms with E-state index in [1.165, 1.54) is 6.07 Å². The molecule has 0 aromatic heterocycles. The molecule has 10 heteroatoms. The van der Waals surface area contributed by atoms with Crippen molar-refractivity contribution in [3.8, 4) is 5.75 Å². The van der Waals surface area contributed by atoms with Crippen molar-refractivity contribution in [1.29, 1.82) is 0 Å². The van der Waals surface area contributed by atoms with Crippen LogP contribution in [0.1, 0.15) is 30.1 Å². The largest absolute Gasteiger partial charge is 0.492 e. The van der Waals surface area contributed by atoms with E-state index in [0.29, 0.717) is 18.0 Å². The number of nitrogens with one attached hydrogen (secondary N) is 3. The van der Waals surface area contributed by atoms with Crippen LogP contribution in [-0.2, 0) is 19.1 Å². The van der Waals surface area contributed by atoms with E-state index in [0.717, 1.165) is 0 Å². The van der Waals surface area contributed by atoms with Gasteiger partial charge in [0, 0.05) is 6.42 Å². The van der Waals surface area contributed by atoms with Gasteiger partial charge in [-0.15, -0.1) is 0 Å². The molecule has 0 aliphatic heterocycles. The van der Waals surface area contributed by atoms with Crippen LogP contribution in [0, 0.1) is 0 Å². The highest BCUT2D eigenvalue weighted by Gasteiger charge is 2.14. The fraction of sp³-hybridized carbons (Fsp3) is 0.238. The highest BCUT2D eigenvalue weighted by Crippen LogP contribution is 2.23. The molecule has 3 amide bonds. The number of hydrazine groups is 1. The van der Waals surface area contributed by atoms with Crippen LogP contribution in [0.15, 0.2) is 48.5 Å². The third-order valence-electron chi connectivity index (χ3n) is 3.82. The third-order valence-corrected chi connectivity index (χ3v) is 4.14. The smallest absolute Gasteiger partial charge is 0.306 e. The Morgan fingerprint density at radius 3 is 2.35 bits per heavy atom. The monoisotopic (exact) mass is 447 g/mol. The van der Waals surface area contributed by atoms with Crippen LogP contribution >= 0.6 is 11.6 Å². The van der Waals surface area contributed by atoms with E-state index in [2.05, 4.69) is 16.2 Å². The zero-order valence-electron chi connectivity index (χ0n) is 16.8. The van der Waals surface area contributed by atoms with Gasteiger partial charge < -0.3 is 14.8 Å². The average molecular weight is 448 g/mol. The first-order valence-electron chi connectivity index (χ1n) is 9.41. The normalized spacial score (nSPS) is 10.0. The number of hydrogen-bond donors (Lipinski definition) is 3. The predicted molar refractivity (Wildman–Crippen MR) is 113 cm³/mol. The Morgan fingerprint density at radius 1 is 0.903 bits per heavy atom. The summed E-state index contributed by atoms with van der Waals surface area (Å²) in [7, 11) is 0. The number of anilines is 1. The maximum Gasteiger partial charge on any atom is 0.306 e. The van der Waals surface area contributed by atoms with Crippen LogP contribution in [0.4, 0.5) is 5.69 Å². The summed E-state index contributed by atoms with van der Waals surface area (Å²) in [5, 5.41) is 2.83. The fourth-order valence-corrected chi connectivity index (χ4v) is 2.59. The topological polar surface area (TPSA) is 123 Å². The molecule has 2 aromatic rings. The molecule has 0 atom stereocenters. The molecular weight excluding hydrogens is 426 g/mol. The Hall–Kier alpha value is -3.59. The van der Waals surface area contributed by atoms with Gasteiger partial charge >= 0.3 is 5.97 Å². The van der Waals surface area contributed by atoms with Gasteiger partial charge in [-0.25, -0.2) is 0 Å². The van der Waals surface area contributed by atoms with Gasteiger partial charge in [0.2, 0.25) is 5.91 Å². The van der Waals surface area contributed by atoms with E-state index in [-0.39, 0.29) is 23.4 Å². The van der Waals surface area contributed by atoms with E-state index >= 15 is 0 Å². The van der Waals surface area contributed by atoms with Gasteiger partial charge in [-0.05, 0) is 31.2 Å². The van der Waals surface area contributed by atoms with Gasteiger partial charge in [-0.1, -0.05) is 35.9 Å². The Morgan fingerprint density at radius 2 is 1.61 bits per heavy atom. The number of halogens is 1. The molecule has 2 rings (SSSR count). The highest BCUT2D eigenvalue weighted by atomic mass is 35.5.